The zero-order chi connectivity index (χ0) is 36.6. The standard InChI is InChI=1S/C37H61IN6O6/c1-5-7-8-9-10-11-12-13-14-15-16-17-18-19-20-21-30(45)50-26-29(25-44-27-40-32-33(38)42-36(39)43-34(32)44)22-24-48-35(46)31(28(3)4)41-37(47)49-23-6-2/h6,27-29,31H,2,5,7-26H2,1,3-4H3,(H,41,47)(H2,39,42,43). The van der Waals surface area contributed by atoms with E-state index in [1.807, 2.05) is 4.57 Å². The number of aromatic nitrogens is 4. The van der Waals surface area contributed by atoms with Crippen LogP contribution in [0.5, 0.6) is 0 Å². The first-order chi connectivity index (χ1) is 24.2. The molecule has 12 nitrogen and oxygen atoms in total. The van der Waals surface area contributed by atoms with E-state index >= 15 is 0 Å². The molecule has 2 atom stereocenters. The van der Waals surface area contributed by atoms with Gasteiger partial charge < -0.3 is 29.8 Å². The SMILES string of the molecule is C=CCOC(=O)NC(C(=O)OCCC(COC(=O)CCCCCCCCCCCCCCCCC)Cn1cnc2c(I)nc(N)nc21)C(C)C. The molecule has 2 heterocycles. The van der Waals surface area contributed by atoms with Crippen LogP contribution in [0.15, 0.2) is 19.0 Å². The number of halogens is 1. The molecule has 3 N–H and O–H groups in total. The first-order valence-electron chi connectivity index (χ1n) is 18.7. The van der Waals surface area contributed by atoms with Crippen LogP contribution >= 0.6 is 22.6 Å². The van der Waals surface area contributed by atoms with Crippen molar-refractivity contribution >= 4 is 57.7 Å². The second kappa shape index (κ2) is 25.9. The lowest BCUT2D eigenvalue weighted by atomic mass is 10.0. The van der Waals surface area contributed by atoms with Crippen LogP contribution in [0.2, 0.25) is 0 Å². The number of rotatable bonds is 28. The number of carbonyl (C=O) groups excluding carboxylic acids is 3. The summed E-state index contributed by atoms with van der Waals surface area (Å²) in [5, 5.41) is 2.56. The van der Waals surface area contributed by atoms with E-state index in [4.69, 9.17) is 19.9 Å². The number of imidazole rings is 1. The maximum atomic E-state index is 12.9. The van der Waals surface area contributed by atoms with Gasteiger partial charge in [-0.15, -0.1) is 0 Å². The van der Waals surface area contributed by atoms with Gasteiger partial charge in [0.25, 0.3) is 0 Å². The number of amides is 1. The van der Waals surface area contributed by atoms with Gasteiger partial charge in [-0.25, -0.2) is 19.6 Å². The average Bonchev–Trinajstić information content (AvgIpc) is 3.48. The van der Waals surface area contributed by atoms with Crippen molar-refractivity contribution < 1.29 is 28.6 Å². The number of nitrogens with zero attached hydrogens (tertiary/aromatic N) is 4. The highest BCUT2D eigenvalue weighted by atomic mass is 127. The number of unbranched alkanes of at least 4 members (excludes halogenated alkanes) is 14. The van der Waals surface area contributed by atoms with Crippen molar-refractivity contribution in [3.8, 4) is 0 Å². The molecule has 1 amide bonds. The largest absolute Gasteiger partial charge is 0.465 e. The number of carbonyl (C=O) groups is 3. The second-order valence-corrected chi connectivity index (χ2v) is 14.4. The van der Waals surface area contributed by atoms with Crippen LogP contribution < -0.4 is 11.1 Å². The topological polar surface area (TPSA) is 161 Å². The van der Waals surface area contributed by atoms with Crippen molar-refractivity contribution in [2.45, 2.75) is 143 Å². The molecule has 2 rings (SSSR count). The Hall–Kier alpha value is -2.97. The number of hydrogen-bond donors (Lipinski definition) is 2. The van der Waals surface area contributed by atoms with Gasteiger partial charge in [0.15, 0.2) is 5.65 Å². The summed E-state index contributed by atoms with van der Waals surface area (Å²) in [5.74, 6) is -1.09. The molecule has 0 radical (unpaired) electrons. The number of alkyl carbamates (subject to hydrolysis) is 1. The fraction of sp³-hybridized carbons (Fsp3) is 0.730. The molecule has 282 valence electrons. The molecule has 0 spiro atoms. The summed E-state index contributed by atoms with van der Waals surface area (Å²) in [7, 11) is 0. The van der Waals surface area contributed by atoms with Gasteiger partial charge in [-0.05, 0) is 41.4 Å². The number of nitrogens with one attached hydrogen (secondary N) is 1. The molecule has 0 saturated carbocycles. The Bertz CT molecular complexity index is 1290. The molecule has 50 heavy (non-hydrogen) atoms. The van der Waals surface area contributed by atoms with E-state index in [9.17, 15) is 14.4 Å². The smallest absolute Gasteiger partial charge is 0.408 e. The summed E-state index contributed by atoms with van der Waals surface area (Å²) < 4.78 is 18.7. The fourth-order valence-corrected chi connectivity index (χ4v) is 6.33. The molecule has 0 fully saturated rings. The molecule has 0 saturated heterocycles. The minimum Gasteiger partial charge on any atom is -0.465 e. The van der Waals surface area contributed by atoms with Crippen molar-refractivity contribution in [2.24, 2.45) is 11.8 Å². The number of ether oxygens (including phenoxy) is 3. The Kier molecular flexibility index (Phi) is 22.4. The molecule has 2 aromatic heterocycles. The Morgan fingerprint density at radius 2 is 1.52 bits per heavy atom. The second-order valence-electron chi connectivity index (χ2n) is 13.4. The molecule has 0 aliphatic carbocycles. The van der Waals surface area contributed by atoms with Gasteiger partial charge in [-0.2, -0.15) is 4.98 Å². The van der Waals surface area contributed by atoms with Crippen molar-refractivity contribution in [3.05, 3.63) is 22.7 Å². The highest BCUT2D eigenvalue weighted by Gasteiger charge is 2.27. The summed E-state index contributed by atoms with van der Waals surface area (Å²) in [4.78, 5) is 50.6. The number of nitrogen functional groups attached to an aromatic ring is 1. The van der Waals surface area contributed by atoms with Crippen LogP contribution in [0.3, 0.4) is 0 Å². The number of anilines is 1. The fourth-order valence-electron chi connectivity index (χ4n) is 5.71. The van der Waals surface area contributed by atoms with Gasteiger partial charge >= 0.3 is 18.0 Å². The van der Waals surface area contributed by atoms with Crippen molar-refractivity contribution in [3.63, 3.8) is 0 Å². The lowest BCUT2D eigenvalue weighted by Crippen LogP contribution is -2.45. The lowest BCUT2D eigenvalue weighted by molar-refractivity contribution is -0.149. The predicted molar refractivity (Wildman–Crippen MR) is 205 cm³/mol. The minimum atomic E-state index is -0.877. The highest BCUT2D eigenvalue weighted by molar-refractivity contribution is 14.1. The van der Waals surface area contributed by atoms with Gasteiger partial charge in [0.05, 0.1) is 19.5 Å². The van der Waals surface area contributed by atoms with Crippen LogP contribution in [-0.2, 0) is 30.3 Å². The highest BCUT2D eigenvalue weighted by Crippen LogP contribution is 2.20. The minimum absolute atomic E-state index is 0.0318. The summed E-state index contributed by atoms with van der Waals surface area (Å²) in [6.45, 7) is 10.0. The van der Waals surface area contributed by atoms with E-state index in [1.165, 1.54) is 83.1 Å². The van der Waals surface area contributed by atoms with E-state index < -0.39 is 18.1 Å². The quantitative estimate of drug-likeness (QED) is 0.0214. The number of nitrogens with two attached hydrogens (primary N) is 1. The van der Waals surface area contributed by atoms with Crippen LogP contribution in [0.4, 0.5) is 10.7 Å². The molecular weight excluding hydrogens is 751 g/mol. The Labute approximate surface area is 312 Å². The molecule has 2 unspecified atom stereocenters. The lowest BCUT2D eigenvalue weighted by Gasteiger charge is -2.22. The molecule has 0 bridgehead atoms. The van der Waals surface area contributed by atoms with E-state index in [2.05, 4.69) is 56.4 Å². The Morgan fingerprint density at radius 3 is 2.10 bits per heavy atom. The van der Waals surface area contributed by atoms with Gasteiger partial charge in [0.2, 0.25) is 5.95 Å². The monoisotopic (exact) mass is 812 g/mol. The first kappa shape index (κ1) is 43.2. The van der Waals surface area contributed by atoms with Gasteiger partial charge in [0.1, 0.15) is 21.9 Å². The van der Waals surface area contributed by atoms with Crippen LogP contribution in [0, 0.1) is 15.5 Å². The van der Waals surface area contributed by atoms with Crippen LogP contribution in [0.25, 0.3) is 11.2 Å². The van der Waals surface area contributed by atoms with E-state index in [1.54, 1.807) is 20.2 Å². The predicted octanol–water partition coefficient (Wildman–Crippen LogP) is 8.30. The maximum absolute atomic E-state index is 12.9. The first-order valence-corrected chi connectivity index (χ1v) is 19.7. The number of esters is 2. The third-order valence-electron chi connectivity index (χ3n) is 8.65. The summed E-state index contributed by atoms with van der Waals surface area (Å²) in [6.07, 6.45) is 22.2. The molecular formula is C37H61IN6O6. The molecule has 0 aliphatic rings. The van der Waals surface area contributed by atoms with E-state index in [0.717, 1.165) is 19.3 Å². The third-order valence-corrected chi connectivity index (χ3v) is 9.41. The summed E-state index contributed by atoms with van der Waals surface area (Å²) >= 11 is 2.07. The van der Waals surface area contributed by atoms with Crippen molar-refractivity contribution in [1.82, 2.24) is 24.8 Å². The molecule has 13 heteroatoms. The van der Waals surface area contributed by atoms with Crippen LogP contribution in [0.1, 0.15) is 130 Å². The molecule has 0 aliphatic heterocycles. The molecule has 2 aromatic rings. The van der Waals surface area contributed by atoms with Gasteiger partial charge in [0, 0.05) is 18.9 Å². The molecule has 0 aromatic carbocycles. The maximum Gasteiger partial charge on any atom is 0.408 e. The van der Waals surface area contributed by atoms with Gasteiger partial charge in [-0.3, -0.25) is 4.79 Å². The zero-order valence-electron chi connectivity index (χ0n) is 30.6. The normalized spacial score (nSPS) is 12.5. The Balaban J connectivity index is 1.78. The van der Waals surface area contributed by atoms with E-state index in [-0.39, 0.29) is 43.6 Å². The summed E-state index contributed by atoms with van der Waals surface area (Å²) in [5.41, 5.74) is 7.11. The number of hydrogen-bond acceptors (Lipinski definition) is 10. The number of fused-ring (bicyclic) bond motifs is 1. The average molecular weight is 813 g/mol. The Morgan fingerprint density at radius 1 is 0.920 bits per heavy atom. The van der Waals surface area contributed by atoms with Crippen LogP contribution in [-0.4, -0.2) is 63.4 Å². The van der Waals surface area contributed by atoms with E-state index in [0.29, 0.717) is 34.3 Å². The third kappa shape index (κ3) is 17.8. The van der Waals surface area contributed by atoms with Crippen molar-refractivity contribution in [2.75, 3.05) is 25.6 Å². The zero-order valence-corrected chi connectivity index (χ0v) is 32.8. The van der Waals surface area contributed by atoms with Gasteiger partial charge in [-0.1, -0.05) is 123 Å². The van der Waals surface area contributed by atoms with Crippen molar-refractivity contribution in [1.29, 1.82) is 0 Å². The summed E-state index contributed by atoms with van der Waals surface area (Å²) in [6, 6.07) is -0.877.